The third-order valence-corrected chi connectivity index (χ3v) is 3.47. The highest BCUT2D eigenvalue weighted by Crippen LogP contribution is 2.19. The van der Waals surface area contributed by atoms with Crippen molar-refractivity contribution < 1.29 is 14.0 Å². The van der Waals surface area contributed by atoms with Gasteiger partial charge in [-0.15, -0.1) is 0 Å². The molecule has 0 aliphatic carbocycles. The first-order chi connectivity index (χ1) is 10.9. The van der Waals surface area contributed by atoms with E-state index in [0.717, 1.165) is 10.0 Å². The fourth-order valence-electron chi connectivity index (χ4n) is 1.83. The second kappa shape index (κ2) is 7.73. The summed E-state index contributed by atoms with van der Waals surface area (Å²) in [6.45, 7) is 1.67. The molecule has 0 atom stereocenters. The number of carbonyl (C=O) groups is 2. The summed E-state index contributed by atoms with van der Waals surface area (Å²) in [6, 6.07) is 10.3. The Balaban J connectivity index is 1.81. The molecule has 0 heterocycles. The van der Waals surface area contributed by atoms with Gasteiger partial charge in [-0.1, -0.05) is 15.9 Å². The largest absolute Gasteiger partial charge is 0.329 e. The van der Waals surface area contributed by atoms with Crippen LogP contribution in [0, 0.1) is 12.7 Å². The lowest BCUT2D eigenvalue weighted by molar-refractivity contribution is -0.115. The third kappa shape index (κ3) is 5.37. The van der Waals surface area contributed by atoms with E-state index in [1.54, 1.807) is 6.07 Å². The molecule has 120 valence electrons. The number of anilines is 2. The smallest absolute Gasteiger partial charge is 0.319 e. The number of rotatable bonds is 4. The first-order valence-corrected chi connectivity index (χ1v) is 7.60. The van der Waals surface area contributed by atoms with Crippen molar-refractivity contribution >= 4 is 39.2 Å². The van der Waals surface area contributed by atoms with Crippen LogP contribution in [-0.4, -0.2) is 18.5 Å². The fraction of sp³-hybridized carbons (Fsp3) is 0.125. The summed E-state index contributed by atoms with van der Waals surface area (Å²) in [5, 5.41) is 7.67. The van der Waals surface area contributed by atoms with E-state index in [1.807, 2.05) is 19.1 Å². The Labute approximate surface area is 141 Å². The highest BCUT2D eigenvalue weighted by molar-refractivity contribution is 9.10. The van der Waals surface area contributed by atoms with Crippen LogP contribution in [0.5, 0.6) is 0 Å². The molecule has 0 aliphatic rings. The highest BCUT2D eigenvalue weighted by Gasteiger charge is 2.07. The Morgan fingerprint density at radius 2 is 1.78 bits per heavy atom. The zero-order valence-corrected chi connectivity index (χ0v) is 13.9. The van der Waals surface area contributed by atoms with E-state index < -0.39 is 11.9 Å². The molecule has 2 aromatic carbocycles. The molecule has 0 spiro atoms. The standard InChI is InChI=1S/C16H15BrFN3O2/c1-10-8-11(17)2-7-14(10)21-16(23)19-9-15(22)20-13-5-3-12(18)4-6-13/h2-8H,9H2,1H3,(H,20,22)(H2,19,21,23). The quantitative estimate of drug-likeness (QED) is 0.758. The zero-order valence-electron chi connectivity index (χ0n) is 12.3. The Morgan fingerprint density at radius 1 is 1.09 bits per heavy atom. The Kier molecular flexibility index (Phi) is 5.70. The summed E-state index contributed by atoms with van der Waals surface area (Å²) in [4.78, 5) is 23.5. The minimum absolute atomic E-state index is 0.196. The summed E-state index contributed by atoms with van der Waals surface area (Å²) in [5.74, 6) is -0.787. The minimum Gasteiger partial charge on any atom is -0.329 e. The van der Waals surface area contributed by atoms with Gasteiger partial charge in [-0.05, 0) is 55.0 Å². The van der Waals surface area contributed by atoms with Crippen LogP contribution in [0.15, 0.2) is 46.9 Å². The van der Waals surface area contributed by atoms with Crippen molar-refractivity contribution in [2.45, 2.75) is 6.92 Å². The Hall–Kier alpha value is -2.41. The summed E-state index contributed by atoms with van der Waals surface area (Å²) in [5.41, 5.74) is 2.01. The van der Waals surface area contributed by atoms with Crippen LogP contribution >= 0.6 is 15.9 Å². The van der Waals surface area contributed by atoms with Crippen LogP contribution in [0.3, 0.4) is 0 Å². The number of hydrogen-bond acceptors (Lipinski definition) is 2. The average Bonchev–Trinajstić information content (AvgIpc) is 2.50. The summed E-state index contributed by atoms with van der Waals surface area (Å²) >= 11 is 3.34. The molecule has 0 radical (unpaired) electrons. The van der Waals surface area contributed by atoms with Gasteiger partial charge in [0.1, 0.15) is 5.82 Å². The number of nitrogens with one attached hydrogen (secondary N) is 3. The van der Waals surface area contributed by atoms with Crippen molar-refractivity contribution in [2.75, 3.05) is 17.2 Å². The van der Waals surface area contributed by atoms with Crippen LogP contribution in [0.2, 0.25) is 0 Å². The van der Waals surface area contributed by atoms with Gasteiger partial charge >= 0.3 is 6.03 Å². The fourth-order valence-corrected chi connectivity index (χ4v) is 2.31. The zero-order chi connectivity index (χ0) is 16.8. The Morgan fingerprint density at radius 3 is 2.43 bits per heavy atom. The second-order valence-electron chi connectivity index (χ2n) is 4.82. The van der Waals surface area contributed by atoms with Gasteiger partial charge in [-0.3, -0.25) is 4.79 Å². The van der Waals surface area contributed by atoms with Crippen molar-refractivity contribution in [1.29, 1.82) is 0 Å². The van der Waals surface area contributed by atoms with E-state index in [1.165, 1.54) is 24.3 Å². The van der Waals surface area contributed by atoms with E-state index in [0.29, 0.717) is 11.4 Å². The molecular formula is C16H15BrFN3O2. The van der Waals surface area contributed by atoms with Gasteiger partial charge in [0, 0.05) is 15.8 Å². The molecule has 3 amide bonds. The molecule has 2 rings (SSSR count). The van der Waals surface area contributed by atoms with Crippen LogP contribution in [0.4, 0.5) is 20.6 Å². The van der Waals surface area contributed by atoms with Gasteiger partial charge in [0.2, 0.25) is 5.91 Å². The van der Waals surface area contributed by atoms with Gasteiger partial charge in [0.25, 0.3) is 0 Å². The van der Waals surface area contributed by atoms with Crippen molar-refractivity contribution in [2.24, 2.45) is 0 Å². The topological polar surface area (TPSA) is 70.2 Å². The van der Waals surface area contributed by atoms with Gasteiger partial charge < -0.3 is 16.0 Å². The van der Waals surface area contributed by atoms with Crippen molar-refractivity contribution in [3.8, 4) is 0 Å². The number of carbonyl (C=O) groups excluding carboxylic acids is 2. The van der Waals surface area contributed by atoms with E-state index >= 15 is 0 Å². The summed E-state index contributed by atoms with van der Waals surface area (Å²) in [6.07, 6.45) is 0. The molecule has 23 heavy (non-hydrogen) atoms. The lowest BCUT2D eigenvalue weighted by Gasteiger charge is -2.10. The number of aryl methyl sites for hydroxylation is 1. The predicted molar refractivity (Wildman–Crippen MR) is 90.9 cm³/mol. The Bertz CT molecular complexity index is 720. The van der Waals surface area contributed by atoms with Gasteiger partial charge in [-0.25, -0.2) is 9.18 Å². The number of amides is 3. The maximum atomic E-state index is 12.8. The molecule has 0 fully saturated rings. The predicted octanol–water partition coefficient (Wildman–Crippen LogP) is 3.66. The molecule has 7 heteroatoms. The second-order valence-corrected chi connectivity index (χ2v) is 5.74. The molecular weight excluding hydrogens is 365 g/mol. The molecule has 0 saturated heterocycles. The van der Waals surface area contributed by atoms with E-state index in [2.05, 4.69) is 31.9 Å². The van der Waals surface area contributed by atoms with Crippen LogP contribution in [0.1, 0.15) is 5.56 Å². The SMILES string of the molecule is Cc1cc(Br)ccc1NC(=O)NCC(=O)Nc1ccc(F)cc1. The first-order valence-electron chi connectivity index (χ1n) is 6.80. The lowest BCUT2D eigenvalue weighted by Crippen LogP contribution is -2.35. The maximum Gasteiger partial charge on any atom is 0.319 e. The van der Waals surface area contributed by atoms with Gasteiger partial charge in [-0.2, -0.15) is 0 Å². The lowest BCUT2D eigenvalue weighted by atomic mass is 10.2. The van der Waals surface area contributed by atoms with E-state index in [9.17, 15) is 14.0 Å². The average molecular weight is 380 g/mol. The van der Waals surface area contributed by atoms with Gasteiger partial charge in [0.05, 0.1) is 6.54 Å². The molecule has 0 aromatic heterocycles. The van der Waals surface area contributed by atoms with Crippen molar-refractivity contribution in [3.05, 3.63) is 58.3 Å². The maximum absolute atomic E-state index is 12.8. The molecule has 5 nitrogen and oxygen atoms in total. The number of halogens is 2. The molecule has 0 saturated carbocycles. The third-order valence-electron chi connectivity index (χ3n) is 2.97. The molecule has 0 aliphatic heterocycles. The van der Waals surface area contributed by atoms with E-state index in [-0.39, 0.29) is 12.4 Å². The summed E-state index contributed by atoms with van der Waals surface area (Å²) in [7, 11) is 0. The van der Waals surface area contributed by atoms with Gasteiger partial charge in [0.15, 0.2) is 0 Å². The highest BCUT2D eigenvalue weighted by atomic mass is 79.9. The van der Waals surface area contributed by atoms with Crippen molar-refractivity contribution in [1.82, 2.24) is 5.32 Å². The first kappa shape index (κ1) is 17.0. The van der Waals surface area contributed by atoms with Crippen LogP contribution in [-0.2, 0) is 4.79 Å². The molecule has 3 N–H and O–H groups in total. The van der Waals surface area contributed by atoms with Crippen molar-refractivity contribution in [3.63, 3.8) is 0 Å². The number of benzene rings is 2. The molecule has 2 aromatic rings. The number of urea groups is 1. The van der Waals surface area contributed by atoms with Crippen LogP contribution in [0.25, 0.3) is 0 Å². The molecule has 0 unspecified atom stereocenters. The minimum atomic E-state index is -0.482. The summed E-state index contributed by atoms with van der Waals surface area (Å²) < 4.78 is 13.7. The molecule has 0 bridgehead atoms. The van der Waals surface area contributed by atoms with Crippen LogP contribution < -0.4 is 16.0 Å². The monoisotopic (exact) mass is 379 g/mol. The van der Waals surface area contributed by atoms with E-state index in [4.69, 9.17) is 0 Å². The normalized spacial score (nSPS) is 10.0. The number of hydrogen-bond donors (Lipinski definition) is 3.